The largest absolute Gasteiger partial charge is 0.495 e. The Labute approximate surface area is 173 Å². The Kier molecular flexibility index (Phi) is 6.39. The van der Waals surface area contributed by atoms with Crippen LogP contribution in [0.5, 0.6) is 5.75 Å². The van der Waals surface area contributed by atoms with E-state index >= 15 is 0 Å². The molecule has 3 rings (SSSR count). The molecule has 8 heteroatoms. The average Bonchev–Trinajstić information content (AvgIpc) is 3.10. The fourth-order valence-electron chi connectivity index (χ4n) is 3.43. The summed E-state index contributed by atoms with van der Waals surface area (Å²) in [5.74, 6) is -1.43. The third-order valence-electron chi connectivity index (χ3n) is 4.98. The molecule has 1 aliphatic rings. The lowest BCUT2D eigenvalue weighted by Gasteiger charge is -2.22. The van der Waals surface area contributed by atoms with Crippen LogP contribution in [0.15, 0.2) is 36.4 Å². The molecule has 0 bridgehead atoms. The van der Waals surface area contributed by atoms with Crippen LogP contribution in [-0.2, 0) is 9.59 Å². The molecule has 0 unspecified atom stereocenters. The summed E-state index contributed by atoms with van der Waals surface area (Å²) >= 11 is 5.79. The summed E-state index contributed by atoms with van der Waals surface area (Å²) in [5.41, 5.74) is 1.65. The fraction of sp³-hybridized carbons (Fsp3) is 0.333. The number of ether oxygens (including phenoxy) is 1. The van der Waals surface area contributed by atoms with Crippen molar-refractivity contribution in [3.63, 3.8) is 0 Å². The van der Waals surface area contributed by atoms with Crippen LogP contribution in [0.25, 0.3) is 0 Å². The van der Waals surface area contributed by atoms with Gasteiger partial charge in [-0.2, -0.15) is 0 Å². The maximum atomic E-state index is 14.3. The Bertz CT molecular complexity index is 937. The van der Waals surface area contributed by atoms with Crippen LogP contribution in [-0.4, -0.2) is 37.2 Å². The number of benzene rings is 2. The van der Waals surface area contributed by atoms with Gasteiger partial charge in [-0.25, -0.2) is 4.39 Å². The number of aliphatic hydroxyl groups excluding tert-OH is 1. The summed E-state index contributed by atoms with van der Waals surface area (Å²) in [6.45, 7) is 1.57. The first-order valence-electron chi connectivity index (χ1n) is 9.15. The molecule has 0 saturated carbocycles. The highest BCUT2D eigenvalue weighted by atomic mass is 35.5. The van der Waals surface area contributed by atoms with E-state index in [0.717, 1.165) is 5.56 Å². The molecule has 6 nitrogen and oxygen atoms in total. The number of methoxy groups -OCH3 is 1. The molecule has 1 heterocycles. The minimum atomic E-state index is -0.959. The predicted octanol–water partition coefficient (Wildman–Crippen LogP) is 3.00. The van der Waals surface area contributed by atoms with Crippen LogP contribution < -0.4 is 15.0 Å². The van der Waals surface area contributed by atoms with Crippen molar-refractivity contribution in [1.82, 2.24) is 5.32 Å². The fourth-order valence-corrected chi connectivity index (χ4v) is 3.61. The van der Waals surface area contributed by atoms with Crippen LogP contribution in [0.4, 0.5) is 10.1 Å². The van der Waals surface area contributed by atoms with Gasteiger partial charge in [-0.3, -0.25) is 9.59 Å². The van der Waals surface area contributed by atoms with Crippen molar-refractivity contribution in [1.29, 1.82) is 0 Å². The number of rotatable bonds is 6. The van der Waals surface area contributed by atoms with E-state index in [0.29, 0.717) is 11.4 Å². The van der Waals surface area contributed by atoms with Gasteiger partial charge >= 0.3 is 0 Å². The first-order valence-corrected chi connectivity index (χ1v) is 9.53. The van der Waals surface area contributed by atoms with E-state index in [1.54, 1.807) is 12.1 Å². The molecule has 1 aliphatic heterocycles. The second-order valence-corrected chi connectivity index (χ2v) is 7.37. The van der Waals surface area contributed by atoms with Gasteiger partial charge in [0.05, 0.1) is 36.4 Å². The van der Waals surface area contributed by atoms with E-state index in [9.17, 15) is 19.1 Å². The summed E-state index contributed by atoms with van der Waals surface area (Å²) in [5, 5.41) is 12.2. The number of nitrogens with one attached hydrogen (secondary N) is 1. The van der Waals surface area contributed by atoms with Gasteiger partial charge in [0.2, 0.25) is 11.8 Å². The van der Waals surface area contributed by atoms with Gasteiger partial charge in [0, 0.05) is 18.5 Å². The molecule has 2 amide bonds. The third kappa shape index (κ3) is 4.36. The smallest absolute Gasteiger partial charge is 0.227 e. The Morgan fingerprint density at radius 3 is 2.86 bits per heavy atom. The van der Waals surface area contributed by atoms with Gasteiger partial charge in [0.1, 0.15) is 11.6 Å². The zero-order chi connectivity index (χ0) is 21.1. The molecule has 0 spiro atoms. The highest BCUT2D eigenvalue weighted by Crippen LogP contribution is 2.34. The molecule has 2 aromatic rings. The molecule has 154 valence electrons. The molecule has 2 aromatic carbocycles. The van der Waals surface area contributed by atoms with Crippen molar-refractivity contribution in [2.45, 2.75) is 19.4 Å². The van der Waals surface area contributed by atoms with Crippen LogP contribution in [0.2, 0.25) is 5.02 Å². The lowest BCUT2D eigenvalue weighted by molar-refractivity contribution is -0.127. The average molecular weight is 421 g/mol. The number of carbonyl (C=O) groups is 2. The molecule has 0 radical (unpaired) electrons. The van der Waals surface area contributed by atoms with Gasteiger partial charge in [0.25, 0.3) is 0 Å². The Morgan fingerprint density at radius 2 is 2.17 bits per heavy atom. The summed E-state index contributed by atoms with van der Waals surface area (Å²) in [7, 11) is 1.52. The summed E-state index contributed by atoms with van der Waals surface area (Å²) < 4.78 is 19.6. The van der Waals surface area contributed by atoms with Crippen molar-refractivity contribution in [2.24, 2.45) is 5.92 Å². The zero-order valence-electron chi connectivity index (χ0n) is 16.1. The lowest BCUT2D eigenvalue weighted by atomic mass is 10.0. The van der Waals surface area contributed by atoms with Crippen molar-refractivity contribution in [3.05, 3.63) is 58.4 Å². The Hall–Kier alpha value is -2.64. The van der Waals surface area contributed by atoms with Gasteiger partial charge in [-0.1, -0.05) is 29.8 Å². The molecule has 0 aromatic heterocycles. The quantitative estimate of drug-likeness (QED) is 0.753. The third-order valence-corrected chi connectivity index (χ3v) is 5.27. The number of hydrogen-bond donors (Lipinski definition) is 2. The van der Waals surface area contributed by atoms with E-state index in [2.05, 4.69) is 5.32 Å². The number of aliphatic hydroxyl groups is 1. The highest BCUT2D eigenvalue weighted by Gasteiger charge is 2.37. The SMILES string of the molecule is COc1ccc(C)cc1N1C[C@H](C(=O)N[C@H](CO)c2cccc(Cl)c2F)CC1=O. The number of halogens is 2. The van der Waals surface area contributed by atoms with Crippen molar-refractivity contribution >= 4 is 29.1 Å². The predicted molar refractivity (Wildman–Crippen MR) is 108 cm³/mol. The van der Waals surface area contributed by atoms with Gasteiger partial charge in [-0.05, 0) is 30.7 Å². The summed E-state index contributed by atoms with van der Waals surface area (Å²) in [6.07, 6.45) is 0.0130. The minimum Gasteiger partial charge on any atom is -0.495 e. The molecular weight excluding hydrogens is 399 g/mol. The van der Waals surface area contributed by atoms with Crippen LogP contribution in [0, 0.1) is 18.7 Å². The van der Waals surface area contributed by atoms with Crippen molar-refractivity contribution in [2.75, 3.05) is 25.2 Å². The molecule has 1 saturated heterocycles. The first-order chi connectivity index (χ1) is 13.8. The van der Waals surface area contributed by atoms with Crippen LogP contribution in [0.1, 0.15) is 23.6 Å². The number of nitrogens with zero attached hydrogens (tertiary/aromatic N) is 1. The van der Waals surface area contributed by atoms with E-state index in [4.69, 9.17) is 16.3 Å². The monoisotopic (exact) mass is 420 g/mol. The topological polar surface area (TPSA) is 78.9 Å². The lowest BCUT2D eigenvalue weighted by Crippen LogP contribution is -2.37. The maximum Gasteiger partial charge on any atom is 0.227 e. The number of aryl methyl sites for hydroxylation is 1. The summed E-state index contributed by atoms with van der Waals surface area (Å²) in [6, 6.07) is 8.90. The number of carbonyl (C=O) groups excluding carboxylic acids is 2. The van der Waals surface area contributed by atoms with Gasteiger partial charge in [0.15, 0.2) is 0 Å². The van der Waals surface area contributed by atoms with E-state index in [1.165, 1.54) is 24.1 Å². The first kappa shape index (κ1) is 21.1. The van der Waals surface area contributed by atoms with E-state index in [1.807, 2.05) is 19.1 Å². The standard InChI is InChI=1S/C21H22ClFN2O4/c1-12-6-7-18(29-2)17(8-12)25-10-13(9-19(25)27)21(28)24-16(11-26)14-4-3-5-15(22)20(14)23/h3-8,13,16,26H,9-11H2,1-2H3,(H,24,28)/t13-,16-/m1/s1. The second kappa shape index (κ2) is 8.80. The molecule has 0 aliphatic carbocycles. The number of anilines is 1. The number of hydrogen-bond acceptors (Lipinski definition) is 4. The van der Waals surface area contributed by atoms with E-state index < -0.39 is 30.3 Å². The molecule has 2 atom stereocenters. The molecule has 2 N–H and O–H groups in total. The normalized spacial score (nSPS) is 17.3. The molecule has 29 heavy (non-hydrogen) atoms. The Balaban J connectivity index is 1.76. The van der Waals surface area contributed by atoms with E-state index in [-0.39, 0.29) is 29.5 Å². The minimum absolute atomic E-state index is 0.0130. The number of amides is 2. The van der Waals surface area contributed by atoms with Gasteiger partial charge in [-0.15, -0.1) is 0 Å². The van der Waals surface area contributed by atoms with Crippen LogP contribution >= 0.6 is 11.6 Å². The van der Waals surface area contributed by atoms with Crippen molar-refractivity contribution in [3.8, 4) is 5.75 Å². The zero-order valence-corrected chi connectivity index (χ0v) is 16.9. The molecule has 1 fully saturated rings. The van der Waals surface area contributed by atoms with Crippen molar-refractivity contribution < 1.29 is 23.8 Å². The summed E-state index contributed by atoms with van der Waals surface area (Å²) in [4.78, 5) is 26.8. The maximum absolute atomic E-state index is 14.3. The second-order valence-electron chi connectivity index (χ2n) is 6.97. The molecular formula is C21H22ClFN2O4. The Morgan fingerprint density at radius 1 is 1.41 bits per heavy atom. The van der Waals surface area contributed by atoms with Crippen LogP contribution in [0.3, 0.4) is 0 Å². The highest BCUT2D eigenvalue weighted by molar-refractivity contribution is 6.30. The van der Waals surface area contributed by atoms with Gasteiger partial charge < -0.3 is 20.1 Å².